The van der Waals surface area contributed by atoms with Crippen LogP contribution in [0.25, 0.3) is 0 Å². The topological polar surface area (TPSA) is 38.3 Å². The molecule has 0 saturated carbocycles. The normalized spacial score (nSPS) is 27.5. The molecule has 0 aromatic rings. The predicted molar refractivity (Wildman–Crippen MR) is 51.4 cm³/mol. The number of nitrogens with one attached hydrogen (secondary N) is 1. The van der Waals surface area contributed by atoms with E-state index in [1.165, 1.54) is 0 Å². The smallest absolute Gasteiger partial charge is 0.220 e. The van der Waals surface area contributed by atoms with Crippen LogP contribution in [0.2, 0.25) is 0 Å². The molecule has 0 radical (unpaired) electrons. The lowest BCUT2D eigenvalue weighted by Crippen LogP contribution is -2.48. The Kier molecular flexibility index (Phi) is 2.41. The fourth-order valence-electron chi connectivity index (χ4n) is 2.20. The maximum atomic E-state index is 11.3. The monoisotopic (exact) mass is 185 g/mol. The lowest BCUT2D eigenvalue weighted by Gasteiger charge is -2.38. The minimum Gasteiger partial charge on any atom is -0.378 e. The minimum atomic E-state index is -0.247. The Bertz CT molecular complexity index is 221. The highest BCUT2D eigenvalue weighted by atomic mass is 16.5. The SMILES string of the molecule is COC(C)(C)C1CC(=O)NC1(C)C. The molecule has 1 amide bonds. The number of methoxy groups -OCH3 is 1. The number of ether oxygens (including phenoxy) is 1. The number of rotatable bonds is 2. The number of hydrogen-bond donors (Lipinski definition) is 1. The van der Waals surface area contributed by atoms with Crippen LogP contribution in [-0.2, 0) is 9.53 Å². The Morgan fingerprint density at radius 3 is 2.38 bits per heavy atom. The highest BCUT2D eigenvalue weighted by Gasteiger charge is 2.47. The van der Waals surface area contributed by atoms with E-state index in [0.717, 1.165) is 0 Å². The van der Waals surface area contributed by atoms with Gasteiger partial charge in [-0.15, -0.1) is 0 Å². The number of amides is 1. The molecule has 0 aromatic heterocycles. The third-order valence-electron chi connectivity index (χ3n) is 3.09. The zero-order valence-electron chi connectivity index (χ0n) is 9.10. The zero-order valence-corrected chi connectivity index (χ0v) is 9.10. The largest absolute Gasteiger partial charge is 0.378 e. The van der Waals surface area contributed by atoms with E-state index >= 15 is 0 Å². The van der Waals surface area contributed by atoms with Crippen molar-refractivity contribution in [2.45, 2.75) is 45.3 Å². The van der Waals surface area contributed by atoms with Crippen molar-refractivity contribution in [3.63, 3.8) is 0 Å². The van der Waals surface area contributed by atoms with Crippen molar-refractivity contribution in [3.8, 4) is 0 Å². The molecular formula is C10H19NO2. The standard InChI is InChI=1S/C10H19NO2/c1-9(2)7(6-8(12)11-9)10(3,4)13-5/h7H,6H2,1-5H3,(H,11,12). The molecular weight excluding hydrogens is 166 g/mol. The molecule has 1 rings (SSSR count). The lowest BCUT2D eigenvalue weighted by atomic mass is 9.77. The molecule has 0 spiro atoms. The van der Waals surface area contributed by atoms with Crippen LogP contribution in [0.15, 0.2) is 0 Å². The van der Waals surface area contributed by atoms with E-state index in [2.05, 4.69) is 5.32 Å². The molecule has 1 unspecified atom stereocenters. The summed E-state index contributed by atoms with van der Waals surface area (Å²) in [5, 5.41) is 2.96. The van der Waals surface area contributed by atoms with Crippen LogP contribution in [0.3, 0.4) is 0 Å². The third-order valence-corrected chi connectivity index (χ3v) is 3.09. The van der Waals surface area contributed by atoms with Crippen molar-refractivity contribution in [3.05, 3.63) is 0 Å². The van der Waals surface area contributed by atoms with Gasteiger partial charge in [0.15, 0.2) is 0 Å². The summed E-state index contributed by atoms with van der Waals surface area (Å²) >= 11 is 0. The van der Waals surface area contributed by atoms with Gasteiger partial charge in [0, 0.05) is 25.0 Å². The van der Waals surface area contributed by atoms with Gasteiger partial charge in [-0.2, -0.15) is 0 Å². The van der Waals surface area contributed by atoms with Crippen LogP contribution in [0.1, 0.15) is 34.1 Å². The molecule has 76 valence electrons. The molecule has 3 heteroatoms. The summed E-state index contributed by atoms with van der Waals surface area (Å²) in [5.74, 6) is 0.359. The molecule has 1 aliphatic rings. The van der Waals surface area contributed by atoms with Gasteiger partial charge in [0.1, 0.15) is 0 Å². The van der Waals surface area contributed by atoms with Crippen molar-refractivity contribution in [1.29, 1.82) is 0 Å². The maximum absolute atomic E-state index is 11.3. The van der Waals surface area contributed by atoms with Crippen LogP contribution in [0, 0.1) is 5.92 Å². The van der Waals surface area contributed by atoms with Gasteiger partial charge < -0.3 is 10.1 Å². The average Bonchev–Trinajstić information content (AvgIpc) is 2.25. The third kappa shape index (κ3) is 1.85. The lowest BCUT2D eigenvalue weighted by molar-refractivity contribution is -0.120. The molecule has 13 heavy (non-hydrogen) atoms. The van der Waals surface area contributed by atoms with Crippen LogP contribution < -0.4 is 5.32 Å². The summed E-state index contributed by atoms with van der Waals surface area (Å²) in [6.07, 6.45) is 0.563. The summed E-state index contributed by atoms with van der Waals surface area (Å²) in [6.45, 7) is 8.14. The van der Waals surface area contributed by atoms with E-state index in [-0.39, 0.29) is 23.0 Å². The molecule has 1 atom stereocenters. The number of hydrogen-bond acceptors (Lipinski definition) is 2. The van der Waals surface area contributed by atoms with Gasteiger partial charge in [0.25, 0.3) is 0 Å². The van der Waals surface area contributed by atoms with Gasteiger partial charge in [-0.3, -0.25) is 4.79 Å². The maximum Gasteiger partial charge on any atom is 0.220 e. The van der Waals surface area contributed by atoms with E-state index in [1.54, 1.807) is 7.11 Å². The summed E-state index contributed by atoms with van der Waals surface area (Å²) in [6, 6.07) is 0. The van der Waals surface area contributed by atoms with Crippen LogP contribution in [0.4, 0.5) is 0 Å². The summed E-state index contributed by atoms with van der Waals surface area (Å²) in [5.41, 5.74) is -0.404. The van der Waals surface area contributed by atoms with Crippen LogP contribution >= 0.6 is 0 Å². The summed E-state index contributed by atoms with van der Waals surface area (Å²) in [7, 11) is 1.69. The van der Waals surface area contributed by atoms with Crippen molar-refractivity contribution >= 4 is 5.91 Å². The first kappa shape index (κ1) is 10.5. The first-order valence-electron chi connectivity index (χ1n) is 4.66. The molecule has 1 N–H and O–H groups in total. The molecule has 1 heterocycles. The highest BCUT2D eigenvalue weighted by Crippen LogP contribution is 2.37. The summed E-state index contributed by atoms with van der Waals surface area (Å²) < 4.78 is 5.41. The Labute approximate surface area is 79.8 Å². The van der Waals surface area contributed by atoms with Gasteiger partial charge in [-0.1, -0.05) is 0 Å². The van der Waals surface area contributed by atoms with Crippen LogP contribution in [-0.4, -0.2) is 24.2 Å². The molecule has 1 aliphatic heterocycles. The number of carbonyl (C=O) groups is 1. The second kappa shape index (κ2) is 2.98. The zero-order chi connectivity index (χ0) is 10.3. The molecule has 0 aliphatic carbocycles. The fourth-order valence-corrected chi connectivity index (χ4v) is 2.20. The van der Waals surface area contributed by atoms with Crippen molar-refractivity contribution < 1.29 is 9.53 Å². The van der Waals surface area contributed by atoms with Gasteiger partial charge in [0.2, 0.25) is 5.91 Å². The quantitative estimate of drug-likeness (QED) is 0.704. The van der Waals surface area contributed by atoms with E-state index in [9.17, 15) is 4.79 Å². The van der Waals surface area contributed by atoms with Crippen molar-refractivity contribution in [1.82, 2.24) is 5.32 Å². The van der Waals surface area contributed by atoms with Gasteiger partial charge in [0.05, 0.1) is 5.60 Å². The first-order valence-corrected chi connectivity index (χ1v) is 4.66. The van der Waals surface area contributed by atoms with E-state index < -0.39 is 0 Å². The molecule has 0 bridgehead atoms. The number of carbonyl (C=O) groups excluding carboxylic acids is 1. The second-order valence-corrected chi connectivity index (χ2v) is 4.83. The average molecular weight is 185 g/mol. The molecule has 1 fully saturated rings. The molecule has 3 nitrogen and oxygen atoms in total. The highest BCUT2D eigenvalue weighted by molar-refractivity contribution is 5.80. The Hall–Kier alpha value is -0.570. The first-order chi connectivity index (χ1) is 5.79. The van der Waals surface area contributed by atoms with Gasteiger partial charge >= 0.3 is 0 Å². The minimum absolute atomic E-state index is 0.125. The summed E-state index contributed by atoms with van der Waals surface area (Å²) in [4.78, 5) is 11.3. The van der Waals surface area contributed by atoms with Crippen molar-refractivity contribution in [2.24, 2.45) is 5.92 Å². The fraction of sp³-hybridized carbons (Fsp3) is 0.900. The van der Waals surface area contributed by atoms with E-state index in [4.69, 9.17) is 4.74 Å². The van der Waals surface area contributed by atoms with Gasteiger partial charge in [-0.05, 0) is 27.7 Å². The van der Waals surface area contributed by atoms with Crippen LogP contribution in [0.5, 0.6) is 0 Å². The second-order valence-electron chi connectivity index (χ2n) is 4.83. The van der Waals surface area contributed by atoms with Gasteiger partial charge in [-0.25, -0.2) is 0 Å². The van der Waals surface area contributed by atoms with Crippen molar-refractivity contribution in [2.75, 3.05) is 7.11 Å². The Balaban J connectivity index is 2.87. The molecule has 1 saturated heterocycles. The molecule has 0 aromatic carbocycles. The Morgan fingerprint density at radius 2 is 2.08 bits per heavy atom. The van der Waals surface area contributed by atoms with E-state index in [1.807, 2.05) is 27.7 Å². The van der Waals surface area contributed by atoms with E-state index in [0.29, 0.717) is 6.42 Å². The Morgan fingerprint density at radius 1 is 1.54 bits per heavy atom. The predicted octanol–water partition coefficient (Wildman–Crippen LogP) is 1.33.